The van der Waals surface area contributed by atoms with Crippen LogP contribution < -0.4 is 5.56 Å². The fourth-order valence-corrected chi connectivity index (χ4v) is 2.30. The van der Waals surface area contributed by atoms with Crippen LogP contribution in [0, 0.1) is 0 Å². The summed E-state index contributed by atoms with van der Waals surface area (Å²) in [5, 5.41) is 0. The van der Waals surface area contributed by atoms with Crippen LogP contribution in [-0.4, -0.2) is 23.0 Å². The van der Waals surface area contributed by atoms with Crippen LogP contribution in [0.5, 0.6) is 0 Å². The van der Waals surface area contributed by atoms with Gasteiger partial charge in [-0.15, -0.1) is 0 Å². The van der Waals surface area contributed by atoms with E-state index in [0.717, 1.165) is 5.56 Å². The molecule has 0 aliphatic heterocycles. The molecule has 5 heteroatoms. The first-order chi connectivity index (χ1) is 11.2. The van der Waals surface area contributed by atoms with Crippen LogP contribution >= 0.6 is 0 Å². The van der Waals surface area contributed by atoms with Gasteiger partial charge >= 0.3 is 5.97 Å². The van der Waals surface area contributed by atoms with Gasteiger partial charge in [-0.3, -0.25) is 4.79 Å². The summed E-state index contributed by atoms with van der Waals surface area (Å²) in [7, 11) is 1.24. The Morgan fingerprint density at radius 3 is 2.09 bits per heavy atom. The number of hydrogen-bond acceptors (Lipinski definition) is 4. The standard InChI is InChI=1S/C18H14N2O3/c1-23-18(22)14-15(12-8-4-2-5-9-12)19-16(20-17(14)21)13-10-6-3-7-11-13/h2-11H,1H3,(H,19,20,21). The van der Waals surface area contributed by atoms with Gasteiger partial charge in [-0.25, -0.2) is 9.78 Å². The van der Waals surface area contributed by atoms with E-state index >= 15 is 0 Å². The lowest BCUT2D eigenvalue weighted by atomic mass is 10.1. The Bertz CT molecular complexity index is 887. The first-order valence-electron chi connectivity index (χ1n) is 7.04. The lowest BCUT2D eigenvalue weighted by molar-refractivity contribution is 0.0599. The van der Waals surface area contributed by atoms with E-state index in [-0.39, 0.29) is 5.56 Å². The molecule has 114 valence electrons. The van der Waals surface area contributed by atoms with Gasteiger partial charge in [-0.05, 0) is 0 Å². The van der Waals surface area contributed by atoms with Crippen LogP contribution in [0.2, 0.25) is 0 Å². The Morgan fingerprint density at radius 1 is 0.957 bits per heavy atom. The maximum absolute atomic E-state index is 12.4. The minimum Gasteiger partial charge on any atom is -0.465 e. The van der Waals surface area contributed by atoms with Gasteiger partial charge in [0.25, 0.3) is 5.56 Å². The quantitative estimate of drug-likeness (QED) is 0.755. The van der Waals surface area contributed by atoms with Crippen LogP contribution in [0.3, 0.4) is 0 Å². The third kappa shape index (κ3) is 2.89. The zero-order chi connectivity index (χ0) is 16.2. The molecule has 0 atom stereocenters. The summed E-state index contributed by atoms with van der Waals surface area (Å²) in [4.78, 5) is 31.5. The van der Waals surface area contributed by atoms with E-state index in [4.69, 9.17) is 4.74 Å². The van der Waals surface area contributed by atoms with Gasteiger partial charge in [0.2, 0.25) is 0 Å². The number of aromatic amines is 1. The molecule has 0 saturated carbocycles. The minimum atomic E-state index is -0.711. The van der Waals surface area contributed by atoms with Crippen molar-refractivity contribution in [2.24, 2.45) is 0 Å². The number of H-pyrrole nitrogens is 1. The van der Waals surface area contributed by atoms with E-state index in [1.165, 1.54) is 7.11 Å². The van der Waals surface area contributed by atoms with E-state index in [9.17, 15) is 9.59 Å². The third-order valence-corrected chi connectivity index (χ3v) is 3.40. The lowest BCUT2D eigenvalue weighted by Gasteiger charge is -2.09. The molecule has 2 aromatic carbocycles. The number of methoxy groups -OCH3 is 1. The second kappa shape index (κ2) is 6.27. The average Bonchev–Trinajstić information content (AvgIpc) is 2.62. The summed E-state index contributed by atoms with van der Waals surface area (Å²) in [6.45, 7) is 0. The Hall–Kier alpha value is -3.21. The minimum absolute atomic E-state index is 0.0987. The maximum atomic E-state index is 12.4. The van der Waals surface area contributed by atoms with E-state index in [0.29, 0.717) is 17.1 Å². The predicted molar refractivity (Wildman–Crippen MR) is 87.1 cm³/mol. The number of hydrogen-bond donors (Lipinski definition) is 1. The smallest absolute Gasteiger partial charge is 0.345 e. The van der Waals surface area contributed by atoms with E-state index in [2.05, 4.69) is 9.97 Å². The van der Waals surface area contributed by atoms with Crippen molar-refractivity contribution < 1.29 is 9.53 Å². The second-order valence-electron chi connectivity index (χ2n) is 4.86. The normalized spacial score (nSPS) is 10.3. The molecule has 0 amide bonds. The Balaban J connectivity index is 2.27. The number of benzene rings is 2. The molecule has 0 fully saturated rings. The zero-order valence-electron chi connectivity index (χ0n) is 12.4. The summed E-state index contributed by atoms with van der Waals surface area (Å²) in [6, 6.07) is 18.3. The molecule has 0 spiro atoms. The molecule has 0 radical (unpaired) electrons. The van der Waals surface area contributed by atoms with Gasteiger partial charge in [-0.2, -0.15) is 0 Å². The van der Waals surface area contributed by atoms with Crippen molar-refractivity contribution in [3.8, 4) is 22.6 Å². The molecule has 0 bridgehead atoms. The summed E-state index contributed by atoms with van der Waals surface area (Å²) < 4.78 is 4.73. The van der Waals surface area contributed by atoms with Gasteiger partial charge in [0.1, 0.15) is 5.82 Å². The van der Waals surface area contributed by atoms with Crippen molar-refractivity contribution in [2.75, 3.05) is 7.11 Å². The number of esters is 1. The Labute approximate surface area is 132 Å². The number of rotatable bonds is 3. The summed E-state index contributed by atoms with van der Waals surface area (Å²) in [6.07, 6.45) is 0. The molecule has 0 unspecified atom stereocenters. The number of nitrogens with one attached hydrogen (secondary N) is 1. The molecule has 0 saturated heterocycles. The molecule has 0 aliphatic carbocycles. The van der Waals surface area contributed by atoms with Crippen molar-refractivity contribution in [1.29, 1.82) is 0 Å². The van der Waals surface area contributed by atoms with Gasteiger partial charge in [0, 0.05) is 11.1 Å². The highest BCUT2D eigenvalue weighted by Gasteiger charge is 2.21. The lowest BCUT2D eigenvalue weighted by Crippen LogP contribution is -2.22. The van der Waals surface area contributed by atoms with Gasteiger partial charge in [0.15, 0.2) is 5.56 Å². The number of carbonyl (C=O) groups excluding carboxylic acids is 1. The molecule has 1 heterocycles. The van der Waals surface area contributed by atoms with E-state index in [1.54, 1.807) is 12.1 Å². The maximum Gasteiger partial charge on any atom is 0.345 e. The summed E-state index contributed by atoms with van der Waals surface area (Å²) >= 11 is 0. The van der Waals surface area contributed by atoms with E-state index in [1.807, 2.05) is 48.5 Å². The highest BCUT2D eigenvalue weighted by molar-refractivity contribution is 5.96. The zero-order valence-corrected chi connectivity index (χ0v) is 12.4. The molecule has 23 heavy (non-hydrogen) atoms. The van der Waals surface area contributed by atoms with Crippen molar-refractivity contribution in [3.05, 3.63) is 76.6 Å². The highest BCUT2D eigenvalue weighted by Crippen LogP contribution is 2.22. The van der Waals surface area contributed by atoms with Gasteiger partial charge in [-0.1, -0.05) is 60.7 Å². The molecule has 3 rings (SSSR count). The molecule has 1 N–H and O–H groups in total. The molecule has 5 nitrogen and oxygen atoms in total. The molecule has 1 aromatic heterocycles. The van der Waals surface area contributed by atoms with Crippen LogP contribution in [0.25, 0.3) is 22.6 Å². The van der Waals surface area contributed by atoms with Crippen LogP contribution in [-0.2, 0) is 4.74 Å². The van der Waals surface area contributed by atoms with Crippen molar-refractivity contribution in [2.45, 2.75) is 0 Å². The summed E-state index contributed by atoms with van der Waals surface area (Å²) in [5.41, 5.74) is 1.12. The fourth-order valence-electron chi connectivity index (χ4n) is 2.30. The predicted octanol–water partition coefficient (Wildman–Crippen LogP) is 2.89. The average molecular weight is 306 g/mol. The summed E-state index contributed by atoms with van der Waals surface area (Å²) in [5.74, 6) is -0.306. The largest absolute Gasteiger partial charge is 0.465 e. The van der Waals surface area contributed by atoms with Gasteiger partial charge in [0.05, 0.1) is 12.8 Å². The first-order valence-corrected chi connectivity index (χ1v) is 7.04. The Kier molecular flexibility index (Phi) is 4.01. The number of nitrogens with zero attached hydrogens (tertiary/aromatic N) is 1. The number of carbonyl (C=O) groups is 1. The molecular weight excluding hydrogens is 292 g/mol. The van der Waals surface area contributed by atoms with Gasteiger partial charge < -0.3 is 9.72 Å². The van der Waals surface area contributed by atoms with Crippen LogP contribution in [0.15, 0.2) is 65.5 Å². The fraction of sp³-hybridized carbons (Fsp3) is 0.0556. The van der Waals surface area contributed by atoms with Crippen LogP contribution in [0.1, 0.15) is 10.4 Å². The SMILES string of the molecule is COC(=O)c1c(-c2ccccc2)nc(-c2ccccc2)[nH]c1=O. The Morgan fingerprint density at radius 2 is 1.52 bits per heavy atom. The molecule has 0 aliphatic rings. The molecule has 3 aromatic rings. The first kappa shape index (κ1) is 14.7. The van der Waals surface area contributed by atoms with E-state index < -0.39 is 11.5 Å². The highest BCUT2D eigenvalue weighted by atomic mass is 16.5. The van der Waals surface area contributed by atoms with Crippen LogP contribution in [0.4, 0.5) is 0 Å². The number of aromatic nitrogens is 2. The van der Waals surface area contributed by atoms with Crippen molar-refractivity contribution >= 4 is 5.97 Å². The third-order valence-electron chi connectivity index (χ3n) is 3.40. The topological polar surface area (TPSA) is 72.0 Å². The monoisotopic (exact) mass is 306 g/mol. The second-order valence-corrected chi connectivity index (χ2v) is 4.86. The van der Waals surface area contributed by atoms with Crippen molar-refractivity contribution in [3.63, 3.8) is 0 Å². The molecular formula is C18H14N2O3. The van der Waals surface area contributed by atoms with Crippen molar-refractivity contribution in [1.82, 2.24) is 9.97 Å². The number of ether oxygens (including phenoxy) is 1.